The molecule has 1 rings (SSSR count). The molecule has 0 heterocycles. The summed E-state index contributed by atoms with van der Waals surface area (Å²) in [6.45, 7) is 0. The molecule has 0 spiro atoms. The Labute approximate surface area is 95.5 Å². The number of carbonyl (C=O) groups is 1. The summed E-state index contributed by atoms with van der Waals surface area (Å²) in [5.41, 5.74) is -4.51. The lowest BCUT2D eigenvalue weighted by atomic mass is 10.0. The summed E-state index contributed by atoms with van der Waals surface area (Å²) in [6.07, 6.45) is -10.2. The number of hydrogen-bond donors (Lipinski definition) is 0. The second-order valence-electron chi connectivity index (χ2n) is 3.17. The zero-order chi connectivity index (χ0) is 14.1. The van der Waals surface area contributed by atoms with Gasteiger partial charge >= 0.3 is 18.3 Å². The van der Waals surface area contributed by atoms with Crippen molar-refractivity contribution < 1.29 is 41.3 Å². The van der Waals surface area contributed by atoms with E-state index in [0.717, 1.165) is 0 Å². The number of halogens is 6. The molecule has 1 aromatic carbocycles. The molecule has 0 fully saturated rings. The zero-order valence-electron chi connectivity index (χ0n) is 8.22. The first-order valence-electron chi connectivity index (χ1n) is 4.19. The van der Waals surface area contributed by atoms with Gasteiger partial charge in [0.25, 0.3) is 0 Å². The second-order valence-corrected chi connectivity index (χ2v) is 3.17. The summed E-state index contributed by atoms with van der Waals surface area (Å²) >= 11 is 0. The van der Waals surface area contributed by atoms with E-state index in [1.165, 1.54) is 0 Å². The van der Waals surface area contributed by atoms with Crippen LogP contribution in [-0.4, -0.2) is 5.97 Å². The first-order valence-corrected chi connectivity index (χ1v) is 4.19. The quantitative estimate of drug-likeness (QED) is 0.447. The van der Waals surface area contributed by atoms with Gasteiger partial charge in [0.1, 0.15) is 0 Å². The summed E-state index contributed by atoms with van der Waals surface area (Å²) < 4.78 is 73.8. The molecule has 0 aromatic heterocycles. The number of alkyl halides is 6. The van der Waals surface area contributed by atoms with E-state index >= 15 is 0 Å². The monoisotopic (exact) mass is 273 g/mol. The van der Waals surface area contributed by atoms with Crippen molar-refractivity contribution in [2.75, 3.05) is 0 Å². The first-order chi connectivity index (χ1) is 8.05. The third-order valence-electron chi connectivity index (χ3n) is 1.90. The Hall–Kier alpha value is -1.77. The van der Waals surface area contributed by atoms with Crippen LogP contribution in [0.15, 0.2) is 18.2 Å². The SMILES string of the molecule is O=C(O[O-])c1cc(C(F)(F)F)cc(C(F)(F)F)c1. The first kappa shape index (κ1) is 14.3. The van der Waals surface area contributed by atoms with Gasteiger partial charge in [-0.15, -0.1) is 0 Å². The lowest BCUT2D eigenvalue weighted by Crippen LogP contribution is -2.18. The molecule has 0 radical (unpaired) electrons. The predicted octanol–water partition coefficient (Wildman–Crippen LogP) is 2.16. The Morgan fingerprint density at radius 3 is 1.61 bits per heavy atom. The van der Waals surface area contributed by atoms with Crippen molar-refractivity contribution in [2.24, 2.45) is 0 Å². The van der Waals surface area contributed by atoms with Gasteiger partial charge in [-0.1, -0.05) is 0 Å². The highest BCUT2D eigenvalue weighted by Crippen LogP contribution is 2.36. The fourth-order valence-electron chi connectivity index (χ4n) is 1.12. The molecule has 9 heteroatoms. The van der Waals surface area contributed by atoms with Gasteiger partial charge in [-0.2, -0.15) is 26.3 Å². The topological polar surface area (TPSA) is 49.4 Å². The van der Waals surface area contributed by atoms with E-state index in [9.17, 15) is 36.4 Å². The van der Waals surface area contributed by atoms with Gasteiger partial charge in [-0.05, 0) is 18.2 Å². The van der Waals surface area contributed by atoms with Gasteiger partial charge in [0.05, 0.1) is 16.7 Å². The molecule has 0 N–H and O–H groups in total. The maximum atomic E-state index is 12.3. The molecular weight excluding hydrogens is 270 g/mol. The molecule has 0 saturated carbocycles. The molecule has 0 atom stereocenters. The van der Waals surface area contributed by atoms with Crippen molar-refractivity contribution in [3.63, 3.8) is 0 Å². The van der Waals surface area contributed by atoms with E-state index in [1.807, 2.05) is 0 Å². The Balaban J connectivity index is 3.44. The molecule has 100 valence electrons. The van der Waals surface area contributed by atoms with Crippen LogP contribution >= 0.6 is 0 Å². The number of carbonyl (C=O) groups excluding carboxylic acids is 1. The molecule has 0 aliphatic carbocycles. The van der Waals surface area contributed by atoms with E-state index in [1.54, 1.807) is 0 Å². The van der Waals surface area contributed by atoms with Crippen LogP contribution < -0.4 is 5.26 Å². The predicted molar refractivity (Wildman–Crippen MR) is 41.9 cm³/mol. The Bertz CT molecular complexity index is 430. The number of rotatable bonds is 1. The van der Waals surface area contributed by atoms with Gasteiger partial charge in [0.15, 0.2) is 0 Å². The summed E-state index contributed by atoms with van der Waals surface area (Å²) in [7, 11) is 0. The zero-order valence-corrected chi connectivity index (χ0v) is 8.22. The summed E-state index contributed by atoms with van der Waals surface area (Å²) in [5.74, 6) is -1.83. The van der Waals surface area contributed by atoms with E-state index < -0.39 is 35.0 Å². The molecule has 18 heavy (non-hydrogen) atoms. The number of benzene rings is 1. The molecule has 0 unspecified atom stereocenters. The number of hydrogen-bond acceptors (Lipinski definition) is 3. The molecule has 0 aliphatic rings. The maximum absolute atomic E-state index is 12.3. The van der Waals surface area contributed by atoms with E-state index in [-0.39, 0.29) is 18.2 Å². The summed E-state index contributed by atoms with van der Waals surface area (Å²) in [4.78, 5) is 13.6. The van der Waals surface area contributed by atoms with Crippen molar-refractivity contribution >= 4 is 5.97 Å². The van der Waals surface area contributed by atoms with Crippen LogP contribution in [0.1, 0.15) is 21.5 Å². The van der Waals surface area contributed by atoms with Gasteiger partial charge in [0.2, 0.25) is 0 Å². The Morgan fingerprint density at radius 2 is 1.33 bits per heavy atom. The highest BCUT2D eigenvalue weighted by atomic mass is 19.4. The van der Waals surface area contributed by atoms with Crippen LogP contribution in [0.5, 0.6) is 0 Å². The van der Waals surface area contributed by atoms with Gasteiger partial charge in [0, 0.05) is 0 Å². The summed E-state index contributed by atoms with van der Waals surface area (Å²) in [5, 5.41) is 9.74. The minimum Gasteiger partial charge on any atom is -0.661 e. The van der Waals surface area contributed by atoms with Crippen LogP contribution in [0.25, 0.3) is 0 Å². The van der Waals surface area contributed by atoms with Gasteiger partial charge in [-0.25, -0.2) is 4.79 Å². The van der Waals surface area contributed by atoms with Crippen molar-refractivity contribution in [1.29, 1.82) is 0 Å². The highest BCUT2D eigenvalue weighted by molar-refractivity contribution is 5.89. The normalized spacial score (nSPS) is 12.4. The minimum absolute atomic E-state index is 0.107. The lowest BCUT2D eigenvalue weighted by molar-refractivity contribution is -0.653. The van der Waals surface area contributed by atoms with Gasteiger partial charge in [-0.3, -0.25) is 0 Å². The molecule has 0 aliphatic heterocycles. The van der Waals surface area contributed by atoms with E-state index in [4.69, 9.17) is 0 Å². The van der Waals surface area contributed by atoms with Crippen molar-refractivity contribution in [1.82, 2.24) is 0 Å². The third-order valence-corrected chi connectivity index (χ3v) is 1.90. The minimum atomic E-state index is -5.08. The van der Waals surface area contributed by atoms with E-state index in [2.05, 4.69) is 4.89 Å². The standard InChI is InChI=1S/C9H4F6O3/c10-8(11,12)5-1-4(7(16)18-17)2-6(3-5)9(13,14)15/h1-3,17H/p-1. The van der Waals surface area contributed by atoms with Crippen LogP contribution in [-0.2, 0) is 17.2 Å². The molecule has 3 nitrogen and oxygen atoms in total. The van der Waals surface area contributed by atoms with Crippen LogP contribution in [0.4, 0.5) is 26.3 Å². The van der Waals surface area contributed by atoms with E-state index in [0.29, 0.717) is 0 Å². The van der Waals surface area contributed by atoms with Crippen LogP contribution in [0, 0.1) is 0 Å². The maximum Gasteiger partial charge on any atom is 0.416 e. The second kappa shape index (κ2) is 4.48. The van der Waals surface area contributed by atoms with Crippen molar-refractivity contribution in [2.45, 2.75) is 12.4 Å². The highest BCUT2D eigenvalue weighted by Gasteiger charge is 2.37. The third kappa shape index (κ3) is 3.13. The largest absolute Gasteiger partial charge is 0.661 e. The van der Waals surface area contributed by atoms with Crippen molar-refractivity contribution in [3.05, 3.63) is 34.9 Å². The molecule has 0 bridgehead atoms. The molecule has 1 aromatic rings. The summed E-state index contributed by atoms with van der Waals surface area (Å²) in [6, 6.07) is 0.0481. The lowest BCUT2D eigenvalue weighted by Gasteiger charge is -2.14. The Morgan fingerprint density at radius 1 is 0.944 bits per heavy atom. The molecule has 0 amide bonds. The average Bonchev–Trinajstić information content (AvgIpc) is 2.25. The Kier molecular flexibility index (Phi) is 3.56. The van der Waals surface area contributed by atoms with Gasteiger partial charge < -0.3 is 10.1 Å². The van der Waals surface area contributed by atoms with Crippen LogP contribution in [0.3, 0.4) is 0 Å². The fourth-order valence-corrected chi connectivity index (χ4v) is 1.12. The fraction of sp³-hybridized carbons (Fsp3) is 0.222. The van der Waals surface area contributed by atoms with Crippen molar-refractivity contribution in [3.8, 4) is 0 Å². The van der Waals surface area contributed by atoms with Crippen LogP contribution in [0.2, 0.25) is 0 Å². The molecule has 0 saturated heterocycles. The molecular formula is C9H3F6O3-. The smallest absolute Gasteiger partial charge is 0.416 e. The average molecular weight is 273 g/mol.